The number of thiocarbonyl (C=S) groups is 1. The van der Waals surface area contributed by atoms with Gasteiger partial charge in [-0.2, -0.15) is 5.10 Å². The minimum Gasteiger partial charge on any atom is -0.484 e. The number of carbonyl (C=O) groups excluding carboxylic acids is 2. The zero-order valence-corrected chi connectivity index (χ0v) is 16.6. The van der Waals surface area contributed by atoms with E-state index in [9.17, 15) is 9.59 Å². The molecular formula is C20H17N3O3S2. The molecule has 0 bridgehead atoms. The highest BCUT2D eigenvalue weighted by Gasteiger charge is 2.21. The minimum absolute atomic E-state index is 0.154. The number of thioether (sulfide) groups is 1. The van der Waals surface area contributed by atoms with Crippen LogP contribution in [-0.4, -0.2) is 28.5 Å². The van der Waals surface area contributed by atoms with Gasteiger partial charge in [-0.15, -0.1) is 0 Å². The third-order valence-electron chi connectivity index (χ3n) is 3.73. The maximum atomic E-state index is 11.9. The van der Waals surface area contributed by atoms with Crippen LogP contribution in [0.4, 0.5) is 0 Å². The van der Waals surface area contributed by atoms with Gasteiger partial charge in [0.25, 0.3) is 11.8 Å². The van der Waals surface area contributed by atoms with Crippen molar-refractivity contribution in [3.63, 3.8) is 0 Å². The van der Waals surface area contributed by atoms with E-state index in [1.54, 1.807) is 30.3 Å². The predicted octanol–water partition coefficient (Wildman–Crippen LogP) is 3.09. The predicted molar refractivity (Wildman–Crippen MR) is 115 cm³/mol. The van der Waals surface area contributed by atoms with Crippen LogP contribution in [0, 0.1) is 0 Å². The van der Waals surface area contributed by atoms with E-state index in [1.807, 2.05) is 37.3 Å². The highest BCUT2D eigenvalue weighted by atomic mass is 32.2. The summed E-state index contributed by atoms with van der Waals surface area (Å²) in [4.78, 5) is 24.1. The largest absolute Gasteiger partial charge is 0.484 e. The summed E-state index contributed by atoms with van der Waals surface area (Å²) in [5.74, 6) is -0.00697. The van der Waals surface area contributed by atoms with Gasteiger partial charge in [0.15, 0.2) is 6.61 Å². The number of benzene rings is 2. The first-order valence-corrected chi connectivity index (χ1v) is 9.60. The van der Waals surface area contributed by atoms with E-state index in [0.29, 0.717) is 20.7 Å². The Kier molecular flexibility index (Phi) is 6.57. The van der Waals surface area contributed by atoms with Crippen molar-refractivity contribution >= 4 is 51.9 Å². The highest BCUT2D eigenvalue weighted by molar-refractivity contribution is 8.26. The van der Waals surface area contributed by atoms with E-state index in [0.717, 1.165) is 11.1 Å². The molecule has 0 aliphatic carbocycles. The van der Waals surface area contributed by atoms with Crippen molar-refractivity contribution in [1.29, 1.82) is 0 Å². The molecule has 0 radical (unpaired) electrons. The number of nitrogens with one attached hydrogen (secondary N) is 2. The number of rotatable bonds is 6. The lowest BCUT2D eigenvalue weighted by Crippen LogP contribution is -2.25. The van der Waals surface area contributed by atoms with Crippen LogP contribution in [-0.2, 0) is 9.59 Å². The second-order valence-electron chi connectivity index (χ2n) is 5.81. The lowest BCUT2D eigenvalue weighted by Gasteiger charge is -2.06. The molecule has 1 heterocycles. The minimum atomic E-state index is -0.353. The summed E-state index contributed by atoms with van der Waals surface area (Å²) in [6.07, 6.45) is 1.75. The standard InChI is InChI=1S/C20H17N3O3S2/c1-13(15-5-3-2-4-6-15)22-23-18(24)12-26-16-9-7-14(8-10-16)11-17-19(25)21-20(27)28-17/h2-11H,12H2,1H3,(H,23,24)(H,21,25,27)/b17-11-,22-13+. The van der Waals surface area contributed by atoms with Gasteiger partial charge in [-0.25, -0.2) is 5.43 Å². The van der Waals surface area contributed by atoms with Gasteiger partial charge in [0.05, 0.1) is 10.6 Å². The van der Waals surface area contributed by atoms with Gasteiger partial charge in [0.2, 0.25) is 0 Å². The van der Waals surface area contributed by atoms with E-state index in [2.05, 4.69) is 15.8 Å². The van der Waals surface area contributed by atoms with E-state index in [-0.39, 0.29) is 18.4 Å². The molecule has 1 aliphatic heterocycles. The Morgan fingerprint density at radius 2 is 1.93 bits per heavy atom. The first kappa shape index (κ1) is 19.8. The molecule has 1 fully saturated rings. The Morgan fingerprint density at radius 3 is 2.57 bits per heavy atom. The van der Waals surface area contributed by atoms with Gasteiger partial charge in [0.1, 0.15) is 10.1 Å². The topological polar surface area (TPSA) is 79.8 Å². The first-order valence-electron chi connectivity index (χ1n) is 8.37. The van der Waals surface area contributed by atoms with Gasteiger partial charge in [-0.1, -0.05) is 66.4 Å². The molecule has 6 nitrogen and oxygen atoms in total. The van der Waals surface area contributed by atoms with Gasteiger partial charge >= 0.3 is 0 Å². The molecule has 2 aromatic carbocycles. The Balaban J connectivity index is 1.51. The van der Waals surface area contributed by atoms with E-state index in [1.165, 1.54) is 11.8 Å². The number of ether oxygens (including phenoxy) is 1. The van der Waals surface area contributed by atoms with Crippen LogP contribution >= 0.6 is 24.0 Å². The fourth-order valence-corrected chi connectivity index (χ4v) is 3.35. The maximum absolute atomic E-state index is 11.9. The third-order valence-corrected chi connectivity index (χ3v) is 4.89. The fourth-order valence-electron chi connectivity index (χ4n) is 2.30. The molecule has 0 aromatic heterocycles. The summed E-state index contributed by atoms with van der Waals surface area (Å²) in [7, 11) is 0. The Bertz CT molecular complexity index is 954. The molecule has 2 amide bonds. The van der Waals surface area contributed by atoms with Crippen LogP contribution in [0.1, 0.15) is 18.1 Å². The van der Waals surface area contributed by atoms with Crippen LogP contribution < -0.4 is 15.5 Å². The van der Waals surface area contributed by atoms with Gasteiger partial charge in [-0.05, 0) is 36.3 Å². The molecule has 142 valence electrons. The Morgan fingerprint density at radius 1 is 1.21 bits per heavy atom. The van der Waals surface area contributed by atoms with Crippen molar-refractivity contribution in [2.24, 2.45) is 5.10 Å². The van der Waals surface area contributed by atoms with E-state index >= 15 is 0 Å². The molecule has 0 atom stereocenters. The number of hydrogen-bond acceptors (Lipinski definition) is 6. The fraction of sp³-hybridized carbons (Fsp3) is 0.100. The SMILES string of the molecule is C/C(=N\NC(=O)COc1ccc(/C=C2\SC(=S)NC2=O)cc1)c1ccccc1. The summed E-state index contributed by atoms with van der Waals surface area (Å²) >= 11 is 6.19. The number of nitrogens with zero attached hydrogens (tertiary/aromatic N) is 1. The van der Waals surface area contributed by atoms with Gasteiger partial charge < -0.3 is 10.1 Å². The number of amides is 2. The van der Waals surface area contributed by atoms with Crippen LogP contribution in [0.2, 0.25) is 0 Å². The van der Waals surface area contributed by atoms with Crippen molar-refractivity contribution < 1.29 is 14.3 Å². The van der Waals surface area contributed by atoms with Crippen molar-refractivity contribution in [3.8, 4) is 5.75 Å². The second kappa shape index (κ2) is 9.29. The summed E-state index contributed by atoms with van der Waals surface area (Å²) in [6.45, 7) is 1.66. The number of hydrogen-bond donors (Lipinski definition) is 2. The summed E-state index contributed by atoms with van der Waals surface area (Å²) in [5.41, 5.74) is 4.95. The van der Waals surface area contributed by atoms with Crippen LogP contribution in [0.3, 0.4) is 0 Å². The Hall–Kier alpha value is -2.97. The van der Waals surface area contributed by atoms with Crippen LogP contribution in [0.25, 0.3) is 6.08 Å². The molecule has 3 rings (SSSR count). The second-order valence-corrected chi connectivity index (χ2v) is 7.53. The molecule has 1 aliphatic rings. The zero-order chi connectivity index (χ0) is 19.9. The van der Waals surface area contributed by atoms with Crippen molar-refractivity contribution in [3.05, 3.63) is 70.6 Å². The summed E-state index contributed by atoms with van der Waals surface area (Å²) in [6, 6.07) is 16.6. The summed E-state index contributed by atoms with van der Waals surface area (Å²) in [5, 5.41) is 6.64. The molecule has 0 spiro atoms. The zero-order valence-electron chi connectivity index (χ0n) is 15.0. The Labute approximate surface area is 172 Å². The lowest BCUT2D eigenvalue weighted by molar-refractivity contribution is -0.123. The molecule has 28 heavy (non-hydrogen) atoms. The normalized spacial score (nSPS) is 15.5. The maximum Gasteiger partial charge on any atom is 0.277 e. The molecule has 8 heteroatoms. The van der Waals surface area contributed by atoms with Gasteiger partial charge in [-0.3, -0.25) is 9.59 Å². The van der Waals surface area contributed by atoms with Crippen molar-refractivity contribution in [1.82, 2.24) is 10.7 Å². The quantitative estimate of drug-likeness (QED) is 0.331. The van der Waals surface area contributed by atoms with Crippen LogP contribution in [0.15, 0.2) is 64.6 Å². The molecule has 1 saturated heterocycles. The number of carbonyl (C=O) groups is 2. The lowest BCUT2D eigenvalue weighted by atomic mass is 10.1. The van der Waals surface area contributed by atoms with E-state index in [4.69, 9.17) is 17.0 Å². The molecule has 0 saturated carbocycles. The first-order chi connectivity index (χ1) is 13.5. The average molecular weight is 412 g/mol. The smallest absolute Gasteiger partial charge is 0.277 e. The molecule has 0 unspecified atom stereocenters. The monoisotopic (exact) mass is 411 g/mol. The van der Waals surface area contributed by atoms with Crippen molar-refractivity contribution in [2.75, 3.05) is 6.61 Å². The summed E-state index contributed by atoms with van der Waals surface area (Å²) < 4.78 is 5.91. The van der Waals surface area contributed by atoms with Gasteiger partial charge in [0, 0.05) is 0 Å². The van der Waals surface area contributed by atoms with E-state index < -0.39 is 0 Å². The third kappa shape index (κ3) is 5.51. The molecule has 2 aromatic rings. The van der Waals surface area contributed by atoms with Crippen LogP contribution in [0.5, 0.6) is 5.75 Å². The average Bonchev–Trinajstić information content (AvgIpc) is 3.03. The molecule has 2 N–H and O–H groups in total. The highest BCUT2D eigenvalue weighted by Crippen LogP contribution is 2.26. The molecular weight excluding hydrogens is 394 g/mol. The number of hydrazone groups is 1. The van der Waals surface area contributed by atoms with Crippen molar-refractivity contribution in [2.45, 2.75) is 6.92 Å².